The summed E-state index contributed by atoms with van der Waals surface area (Å²) in [6.45, 7) is 1.10. The van der Waals surface area contributed by atoms with Crippen molar-refractivity contribution < 1.29 is 19.5 Å². The Balaban J connectivity index is 0.000000243. The Morgan fingerprint density at radius 1 is 1.04 bits per heavy atom. The van der Waals surface area contributed by atoms with Gasteiger partial charge in [0, 0.05) is 11.6 Å². The molecule has 0 amide bonds. The maximum atomic E-state index is 10.3. The second-order valence-corrected chi connectivity index (χ2v) is 6.73. The van der Waals surface area contributed by atoms with Crippen LogP contribution in [0, 0.1) is 0 Å². The fraction of sp³-hybridized carbons (Fsp3) is 0.316. The maximum Gasteiger partial charge on any atom is 0.115 e. The molecular weight excluding hydrogens is 304 g/mol. The Hall–Kier alpha value is -2.37. The number of nitrogens with zero attached hydrogens (tertiary/aromatic N) is 1. The number of nitrogens with two attached hydrogens (primary N) is 1. The van der Waals surface area contributed by atoms with Gasteiger partial charge in [-0.25, -0.2) is 0 Å². The first-order valence-corrected chi connectivity index (χ1v) is 7.76. The van der Waals surface area contributed by atoms with E-state index in [-0.39, 0.29) is 12.2 Å². The average molecular weight is 330 g/mol. The van der Waals surface area contributed by atoms with Crippen molar-refractivity contribution in [3.63, 3.8) is 0 Å². The minimum absolute atomic E-state index is 0.144. The van der Waals surface area contributed by atoms with Crippen LogP contribution in [0.3, 0.4) is 0 Å². The lowest BCUT2D eigenvalue weighted by molar-refractivity contribution is -0.884. The van der Waals surface area contributed by atoms with E-state index in [2.05, 4.69) is 51.5 Å². The summed E-state index contributed by atoms with van der Waals surface area (Å²) in [4.78, 5) is 10.3. The normalized spacial score (nSPS) is 12.0. The molecule has 0 fully saturated rings. The number of carbonyl (C=O) groups excluding carboxylic acids is 1. The molecule has 2 rings (SSSR count). The summed E-state index contributed by atoms with van der Waals surface area (Å²) in [7, 11) is 6.60. The number of phenolic OH excluding ortho intramolecular Hbond substituents is 1. The van der Waals surface area contributed by atoms with Gasteiger partial charge in [-0.15, -0.1) is 0 Å². The standard InChI is InChI=1S/C10H16N.C9H11NO3/c1-11(2,3)9-10-7-5-4-6-8-10;10-8(9(12)13)5-6-1-3-7(11)4-2-6/h4-8H,9H2,1-3H3;1-4,8,11H,5,10H2,(H,12,13)/q+1;/p-1/t;8-/m.0/s1. The molecule has 1 atom stereocenters. The van der Waals surface area contributed by atoms with Crippen LogP contribution in [0.25, 0.3) is 0 Å². The van der Waals surface area contributed by atoms with E-state index in [4.69, 9.17) is 10.8 Å². The summed E-state index contributed by atoms with van der Waals surface area (Å²) < 4.78 is 0.990. The van der Waals surface area contributed by atoms with Crippen LogP contribution in [0.4, 0.5) is 0 Å². The molecule has 130 valence electrons. The van der Waals surface area contributed by atoms with Gasteiger partial charge in [0.2, 0.25) is 0 Å². The smallest absolute Gasteiger partial charge is 0.115 e. The van der Waals surface area contributed by atoms with Gasteiger partial charge in [0.1, 0.15) is 12.3 Å². The van der Waals surface area contributed by atoms with E-state index in [1.54, 1.807) is 12.1 Å². The molecule has 0 unspecified atom stereocenters. The van der Waals surface area contributed by atoms with Gasteiger partial charge in [-0.2, -0.15) is 0 Å². The molecule has 2 aromatic carbocycles. The number of benzene rings is 2. The van der Waals surface area contributed by atoms with Gasteiger partial charge in [0.15, 0.2) is 0 Å². The lowest BCUT2D eigenvalue weighted by Crippen LogP contribution is -2.43. The van der Waals surface area contributed by atoms with Crippen molar-refractivity contribution in [2.75, 3.05) is 21.1 Å². The van der Waals surface area contributed by atoms with Gasteiger partial charge in [-0.3, -0.25) is 0 Å². The summed E-state index contributed by atoms with van der Waals surface area (Å²) in [5.74, 6) is -1.13. The molecule has 0 spiro atoms. The number of aromatic hydroxyl groups is 1. The molecular formula is C19H26N2O3. The number of carboxylic acid groups (broad SMARTS) is 1. The van der Waals surface area contributed by atoms with E-state index in [9.17, 15) is 9.90 Å². The van der Waals surface area contributed by atoms with Crippen LogP contribution in [-0.2, 0) is 17.8 Å². The zero-order valence-electron chi connectivity index (χ0n) is 14.5. The molecule has 0 aliphatic rings. The fourth-order valence-corrected chi connectivity index (χ4v) is 2.10. The van der Waals surface area contributed by atoms with E-state index in [0.29, 0.717) is 0 Å². The predicted octanol–water partition coefficient (Wildman–Crippen LogP) is 0.905. The zero-order valence-corrected chi connectivity index (χ0v) is 14.5. The molecule has 0 saturated carbocycles. The third-order valence-electron chi connectivity index (χ3n) is 3.19. The Bertz CT molecular complexity index is 619. The first-order chi connectivity index (χ1) is 11.2. The van der Waals surface area contributed by atoms with Crippen molar-refractivity contribution >= 4 is 5.97 Å². The molecule has 0 saturated heterocycles. The lowest BCUT2D eigenvalue weighted by atomic mass is 10.1. The van der Waals surface area contributed by atoms with E-state index in [1.807, 2.05) is 0 Å². The molecule has 0 aromatic heterocycles. The van der Waals surface area contributed by atoms with Crippen molar-refractivity contribution in [1.82, 2.24) is 0 Å². The van der Waals surface area contributed by atoms with Gasteiger partial charge in [0.05, 0.1) is 27.1 Å². The Morgan fingerprint density at radius 3 is 2.04 bits per heavy atom. The number of rotatable bonds is 5. The quantitative estimate of drug-likeness (QED) is 0.798. The number of phenols is 1. The third kappa shape index (κ3) is 8.31. The van der Waals surface area contributed by atoms with Gasteiger partial charge in [-0.1, -0.05) is 42.5 Å². The summed E-state index contributed by atoms with van der Waals surface area (Å²) in [6, 6.07) is 15.8. The highest BCUT2D eigenvalue weighted by Gasteiger charge is 2.06. The summed E-state index contributed by atoms with van der Waals surface area (Å²) in [5, 5.41) is 19.2. The highest BCUT2D eigenvalue weighted by atomic mass is 16.4. The van der Waals surface area contributed by atoms with Crippen LogP contribution in [-0.4, -0.2) is 42.7 Å². The number of aliphatic carboxylic acids is 1. The van der Waals surface area contributed by atoms with Gasteiger partial charge >= 0.3 is 0 Å². The summed E-state index contributed by atoms with van der Waals surface area (Å²) in [5.41, 5.74) is 7.42. The minimum Gasteiger partial charge on any atom is -0.548 e. The zero-order chi connectivity index (χ0) is 18.2. The first kappa shape index (κ1) is 19.7. The molecule has 24 heavy (non-hydrogen) atoms. The molecule has 0 radical (unpaired) electrons. The van der Waals surface area contributed by atoms with Gasteiger partial charge in [-0.05, 0) is 24.1 Å². The highest BCUT2D eigenvalue weighted by Crippen LogP contribution is 2.10. The van der Waals surface area contributed by atoms with Crippen molar-refractivity contribution in [3.8, 4) is 5.75 Å². The number of carboxylic acids is 1. The van der Waals surface area contributed by atoms with E-state index >= 15 is 0 Å². The van der Waals surface area contributed by atoms with Crippen LogP contribution >= 0.6 is 0 Å². The van der Waals surface area contributed by atoms with E-state index in [1.165, 1.54) is 17.7 Å². The number of hydrogen-bond acceptors (Lipinski definition) is 4. The Labute approximate surface area is 143 Å². The fourth-order valence-electron chi connectivity index (χ4n) is 2.10. The average Bonchev–Trinajstić information content (AvgIpc) is 2.49. The predicted molar refractivity (Wildman–Crippen MR) is 93.0 cm³/mol. The molecule has 0 heterocycles. The molecule has 3 N–H and O–H groups in total. The van der Waals surface area contributed by atoms with E-state index in [0.717, 1.165) is 16.6 Å². The SMILES string of the molecule is C[N+](C)(C)Cc1ccccc1.N[C@@H](Cc1ccc(O)cc1)C(=O)[O-]. The topological polar surface area (TPSA) is 86.4 Å². The van der Waals surface area contributed by atoms with Crippen LogP contribution in [0.5, 0.6) is 5.75 Å². The van der Waals surface area contributed by atoms with Crippen LogP contribution in [0.2, 0.25) is 0 Å². The maximum absolute atomic E-state index is 10.3. The Kier molecular flexibility index (Phi) is 7.42. The second kappa shape index (κ2) is 9.05. The second-order valence-electron chi connectivity index (χ2n) is 6.73. The third-order valence-corrected chi connectivity index (χ3v) is 3.19. The van der Waals surface area contributed by atoms with Crippen LogP contribution in [0.15, 0.2) is 54.6 Å². The lowest BCUT2D eigenvalue weighted by Gasteiger charge is -2.23. The molecule has 2 aromatic rings. The van der Waals surface area contributed by atoms with Crippen molar-refractivity contribution in [2.24, 2.45) is 5.73 Å². The van der Waals surface area contributed by atoms with Crippen LogP contribution in [0.1, 0.15) is 11.1 Å². The molecule has 5 heteroatoms. The minimum atomic E-state index is -1.27. The van der Waals surface area contributed by atoms with Crippen molar-refractivity contribution in [3.05, 3.63) is 65.7 Å². The molecule has 0 aliphatic carbocycles. The summed E-state index contributed by atoms with van der Waals surface area (Å²) in [6.07, 6.45) is 0.211. The Morgan fingerprint density at radius 2 is 1.58 bits per heavy atom. The van der Waals surface area contributed by atoms with Crippen LogP contribution < -0.4 is 10.8 Å². The van der Waals surface area contributed by atoms with E-state index < -0.39 is 12.0 Å². The van der Waals surface area contributed by atoms with Crippen molar-refractivity contribution in [1.29, 1.82) is 0 Å². The molecule has 0 aliphatic heterocycles. The first-order valence-electron chi connectivity index (χ1n) is 7.76. The monoisotopic (exact) mass is 330 g/mol. The highest BCUT2D eigenvalue weighted by molar-refractivity contribution is 5.71. The number of carbonyl (C=O) groups is 1. The summed E-state index contributed by atoms with van der Waals surface area (Å²) >= 11 is 0. The largest absolute Gasteiger partial charge is 0.548 e. The number of hydrogen-bond donors (Lipinski definition) is 2. The molecule has 0 bridgehead atoms. The number of quaternary nitrogens is 1. The van der Waals surface area contributed by atoms with Crippen molar-refractivity contribution in [2.45, 2.75) is 19.0 Å². The van der Waals surface area contributed by atoms with Gasteiger partial charge < -0.3 is 25.2 Å². The van der Waals surface area contributed by atoms with Gasteiger partial charge in [0.25, 0.3) is 0 Å². The molecule has 5 nitrogen and oxygen atoms in total.